The molecule has 1 N–H and O–H groups in total. The lowest BCUT2D eigenvalue weighted by Crippen LogP contribution is -2.48. The molecule has 4 nitrogen and oxygen atoms in total. The summed E-state index contributed by atoms with van der Waals surface area (Å²) in [5.74, 6) is 0.0343. The highest BCUT2D eigenvalue weighted by atomic mass is 16.5. The molecule has 0 unspecified atom stereocenters. The maximum absolute atomic E-state index is 11.6. The van der Waals surface area contributed by atoms with Gasteiger partial charge < -0.3 is 10.1 Å². The molecule has 0 aliphatic carbocycles. The molecule has 0 spiro atoms. The summed E-state index contributed by atoms with van der Waals surface area (Å²) in [5.41, 5.74) is 0.825. The zero-order valence-corrected chi connectivity index (χ0v) is 9.75. The molecule has 15 heavy (non-hydrogen) atoms. The summed E-state index contributed by atoms with van der Waals surface area (Å²) in [6.45, 7) is 6.75. The normalized spacial score (nSPS) is 17.7. The Morgan fingerprint density at radius 3 is 2.67 bits per heavy atom. The summed E-state index contributed by atoms with van der Waals surface area (Å²) in [4.78, 5) is 13.8. The predicted octanol–water partition coefficient (Wildman–Crippen LogP) is 0.399. The van der Waals surface area contributed by atoms with Gasteiger partial charge in [0.15, 0.2) is 0 Å². The van der Waals surface area contributed by atoms with Crippen molar-refractivity contribution in [1.82, 2.24) is 10.2 Å². The van der Waals surface area contributed by atoms with Crippen molar-refractivity contribution in [2.24, 2.45) is 0 Å². The smallest absolute Gasteiger partial charge is 0.248 e. The number of carbonyl (C=O) groups is 1. The number of rotatable bonds is 5. The van der Waals surface area contributed by atoms with Crippen molar-refractivity contribution in [2.45, 2.75) is 19.9 Å². The number of nitrogens with one attached hydrogen (secondary N) is 1. The van der Waals surface area contributed by atoms with Crippen LogP contribution in [-0.2, 0) is 9.53 Å². The van der Waals surface area contributed by atoms with Crippen LogP contribution in [0.5, 0.6) is 0 Å². The predicted molar refractivity (Wildman–Crippen MR) is 59.7 cm³/mol. The number of hydrogen-bond donors (Lipinski definition) is 1. The fourth-order valence-electron chi connectivity index (χ4n) is 1.44. The number of hydrogen-bond acceptors (Lipinski definition) is 3. The summed E-state index contributed by atoms with van der Waals surface area (Å²) in [6, 6.07) is 0.467. The first-order valence-electron chi connectivity index (χ1n) is 5.40. The average Bonchev–Trinajstić information content (AvgIpc) is 2.11. The minimum absolute atomic E-state index is 0.0343. The zero-order chi connectivity index (χ0) is 11.3. The van der Waals surface area contributed by atoms with Crippen molar-refractivity contribution in [2.75, 3.05) is 33.4 Å². The van der Waals surface area contributed by atoms with E-state index < -0.39 is 0 Å². The van der Waals surface area contributed by atoms with Gasteiger partial charge in [0.05, 0.1) is 19.3 Å². The molecular weight excluding hydrogens is 192 g/mol. The lowest BCUT2D eigenvalue weighted by Gasteiger charge is -2.34. The van der Waals surface area contributed by atoms with Crippen LogP contribution in [0.2, 0.25) is 0 Å². The third-order valence-electron chi connectivity index (χ3n) is 2.64. The molecule has 1 rings (SSSR count). The number of allylic oxidation sites excluding steroid dienone is 1. The van der Waals surface area contributed by atoms with Crippen LogP contribution >= 0.6 is 0 Å². The average molecular weight is 212 g/mol. The van der Waals surface area contributed by atoms with E-state index in [-0.39, 0.29) is 5.91 Å². The third kappa shape index (κ3) is 3.32. The first kappa shape index (κ1) is 12.2. The van der Waals surface area contributed by atoms with E-state index in [1.54, 1.807) is 0 Å². The highest BCUT2D eigenvalue weighted by molar-refractivity contribution is 5.93. The van der Waals surface area contributed by atoms with Gasteiger partial charge in [0, 0.05) is 18.7 Å². The number of nitrogens with zero attached hydrogens (tertiary/aromatic N) is 1. The molecule has 0 atom stereocenters. The summed E-state index contributed by atoms with van der Waals surface area (Å²) < 4.78 is 5.12. The fraction of sp³-hybridized carbons (Fsp3) is 0.727. The van der Waals surface area contributed by atoms with E-state index in [1.807, 2.05) is 27.0 Å². The second kappa shape index (κ2) is 5.88. The van der Waals surface area contributed by atoms with Crippen molar-refractivity contribution in [3.8, 4) is 0 Å². The van der Waals surface area contributed by atoms with Gasteiger partial charge in [-0.1, -0.05) is 6.08 Å². The summed E-state index contributed by atoms with van der Waals surface area (Å²) in [7, 11) is 2.02. The second-order valence-corrected chi connectivity index (χ2v) is 3.78. The number of ether oxygens (including phenoxy) is 1. The van der Waals surface area contributed by atoms with E-state index in [0.29, 0.717) is 19.1 Å². The van der Waals surface area contributed by atoms with Gasteiger partial charge >= 0.3 is 0 Å². The Morgan fingerprint density at radius 1 is 1.60 bits per heavy atom. The molecule has 0 aromatic heterocycles. The quantitative estimate of drug-likeness (QED) is 0.671. The largest absolute Gasteiger partial charge is 0.378 e. The van der Waals surface area contributed by atoms with Crippen LogP contribution in [0, 0.1) is 0 Å². The van der Waals surface area contributed by atoms with Crippen LogP contribution in [0.15, 0.2) is 11.6 Å². The molecule has 0 radical (unpaired) electrons. The van der Waals surface area contributed by atoms with Gasteiger partial charge in [-0.25, -0.2) is 0 Å². The highest BCUT2D eigenvalue weighted by Crippen LogP contribution is 2.10. The first-order valence-corrected chi connectivity index (χ1v) is 5.40. The molecule has 0 aromatic carbocycles. The molecule has 1 saturated heterocycles. The monoisotopic (exact) mass is 212 g/mol. The Kier molecular flexibility index (Phi) is 4.78. The van der Waals surface area contributed by atoms with Gasteiger partial charge in [-0.15, -0.1) is 0 Å². The second-order valence-electron chi connectivity index (χ2n) is 3.78. The fourth-order valence-corrected chi connectivity index (χ4v) is 1.44. The first-order chi connectivity index (χ1) is 7.19. The molecule has 0 bridgehead atoms. The lowest BCUT2D eigenvalue weighted by molar-refractivity contribution is -0.118. The lowest BCUT2D eigenvalue weighted by atomic mass is 10.1. The molecule has 1 aliphatic heterocycles. The van der Waals surface area contributed by atoms with Gasteiger partial charge in [-0.2, -0.15) is 0 Å². The molecule has 1 amide bonds. The minimum atomic E-state index is 0.0343. The molecule has 4 heteroatoms. The Labute approximate surface area is 91.3 Å². The van der Waals surface area contributed by atoms with Gasteiger partial charge in [0.25, 0.3) is 0 Å². The van der Waals surface area contributed by atoms with Gasteiger partial charge in [-0.3, -0.25) is 9.69 Å². The topological polar surface area (TPSA) is 41.6 Å². The number of carbonyl (C=O) groups excluding carboxylic acids is 1. The van der Waals surface area contributed by atoms with Crippen LogP contribution in [0.1, 0.15) is 13.8 Å². The Balaban J connectivity index is 2.42. The van der Waals surface area contributed by atoms with Crippen LogP contribution in [0.25, 0.3) is 0 Å². The molecular formula is C11H20N2O2. The number of likely N-dealkylation sites (N-methyl/N-ethyl adjacent to an activating group) is 2. The molecule has 1 heterocycles. The summed E-state index contributed by atoms with van der Waals surface area (Å²) in [6.07, 6.45) is 1.88. The van der Waals surface area contributed by atoms with Crippen molar-refractivity contribution >= 4 is 5.91 Å². The van der Waals surface area contributed by atoms with E-state index in [0.717, 1.165) is 18.8 Å². The van der Waals surface area contributed by atoms with Crippen LogP contribution in [0.3, 0.4) is 0 Å². The Hall–Kier alpha value is -0.870. The standard InChI is InChI=1S/C11H20N2O2/c1-4-9(11(14)12-5-2)6-13(3)10-7-15-8-10/h4,10H,5-8H2,1-3H3,(H,12,14)/b9-4+. The van der Waals surface area contributed by atoms with Crippen LogP contribution in [-0.4, -0.2) is 50.2 Å². The van der Waals surface area contributed by atoms with Crippen molar-refractivity contribution < 1.29 is 9.53 Å². The zero-order valence-electron chi connectivity index (χ0n) is 9.75. The van der Waals surface area contributed by atoms with Gasteiger partial charge in [0.2, 0.25) is 5.91 Å². The van der Waals surface area contributed by atoms with Gasteiger partial charge in [-0.05, 0) is 20.9 Å². The van der Waals surface area contributed by atoms with E-state index in [1.165, 1.54) is 0 Å². The SMILES string of the molecule is C/C=C(\CN(C)C1COC1)C(=O)NCC. The molecule has 0 saturated carbocycles. The van der Waals surface area contributed by atoms with E-state index >= 15 is 0 Å². The maximum Gasteiger partial charge on any atom is 0.248 e. The van der Waals surface area contributed by atoms with Crippen LogP contribution < -0.4 is 5.32 Å². The summed E-state index contributed by atoms with van der Waals surface area (Å²) >= 11 is 0. The maximum atomic E-state index is 11.6. The van der Waals surface area contributed by atoms with E-state index in [4.69, 9.17) is 4.74 Å². The minimum Gasteiger partial charge on any atom is -0.378 e. The van der Waals surface area contributed by atoms with Gasteiger partial charge in [0.1, 0.15) is 0 Å². The molecule has 1 fully saturated rings. The van der Waals surface area contributed by atoms with E-state index in [9.17, 15) is 4.79 Å². The third-order valence-corrected chi connectivity index (χ3v) is 2.64. The van der Waals surface area contributed by atoms with Crippen LogP contribution in [0.4, 0.5) is 0 Å². The summed E-state index contributed by atoms with van der Waals surface area (Å²) in [5, 5.41) is 2.81. The molecule has 0 aromatic rings. The van der Waals surface area contributed by atoms with E-state index in [2.05, 4.69) is 10.2 Å². The van der Waals surface area contributed by atoms with Crippen molar-refractivity contribution in [3.63, 3.8) is 0 Å². The number of amides is 1. The Morgan fingerprint density at radius 2 is 2.27 bits per heavy atom. The molecule has 1 aliphatic rings. The Bertz CT molecular complexity index is 247. The van der Waals surface area contributed by atoms with Crippen molar-refractivity contribution in [3.05, 3.63) is 11.6 Å². The molecule has 86 valence electrons. The van der Waals surface area contributed by atoms with Crippen molar-refractivity contribution in [1.29, 1.82) is 0 Å². The highest BCUT2D eigenvalue weighted by Gasteiger charge is 2.24.